The molecule has 1 aliphatic rings. The van der Waals surface area contributed by atoms with Gasteiger partial charge in [-0.05, 0) is 0 Å². The molecule has 0 aromatic heterocycles. The van der Waals surface area contributed by atoms with Gasteiger partial charge < -0.3 is 0 Å². The van der Waals surface area contributed by atoms with E-state index in [0.29, 0.717) is 22.3 Å². The summed E-state index contributed by atoms with van der Waals surface area (Å²) in [6.45, 7) is 3.50. The minimum absolute atomic E-state index is 0.0641. The highest BCUT2D eigenvalue weighted by Gasteiger charge is 2.28. The predicted molar refractivity (Wildman–Crippen MR) is 66.4 cm³/mol. The van der Waals surface area contributed by atoms with E-state index in [1.54, 1.807) is 48.5 Å². The third-order valence-electron chi connectivity index (χ3n) is 2.83. The summed E-state index contributed by atoms with van der Waals surface area (Å²) in [4.78, 5) is 24.2. The summed E-state index contributed by atoms with van der Waals surface area (Å²) in [6, 6.07) is 13.9. The number of rotatable bonds is 0. The Kier molecular flexibility index (Phi) is 3.03. The molecule has 0 saturated carbocycles. The molecule has 0 aliphatic heterocycles. The number of hydrogen-bond acceptors (Lipinski definition) is 3. The summed E-state index contributed by atoms with van der Waals surface area (Å²) < 4.78 is 0. The summed E-state index contributed by atoms with van der Waals surface area (Å²) in [6.07, 6.45) is 0. The number of hydrogen-bond donors (Lipinski definition) is 0. The molecule has 0 amide bonds. The molecule has 3 rings (SSSR count). The topological polar surface area (TPSA) is 57.9 Å². The van der Waals surface area contributed by atoms with Crippen LogP contribution in [0, 0.1) is 11.8 Å². The van der Waals surface area contributed by atoms with Crippen LogP contribution < -0.4 is 0 Å². The van der Waals surface area contributed by atoms with Crippen LogP contribution in [0.2, 0.25) is 0 Å². The maximum Gasteiger partial charge on any atom is 0.194 e. The van der Waals surface area contributed by atoms with Crippen LogP contribution in [0.15, 0.2) is 48.5 Å². The molecule has 0 heterocycles. The van der Waals surface area contributed by atoms with E-state index < -0.39 is 0 Å². The molecule has 18 heavy (non-hydrogen) atoms. The quantitative estimate of drug-likeness (QED) is 0.601. The number of nitrogens with zero attached hydrogens (tertiary/aromatic N) is 1. The van der Waals surface area contributed by atoms with Gasteiger partial charge in [-0.25, -0.2) is 5.26 Å². The van der Waals surface area contributed by atoms with Crippen LogP contribution >= 0.6 is 0 Å². The van der Waals surface area contributed by atoms with Crippen molar-refractivity contribution >= 4 is 11.6 Å². The van der Waals surface area contributed by atoms with Crippen LogP contribution in [-0.2, 0) is 0 Å². The van der Waals surface area contributed by atoms with Gasteiger partial charge in [-0.2, -0.15) is 0 Å². The van der Waals surface area contributed by atoms with Crippen LogP contribution in [0.4, 0.5) is 0 Å². The molecule has 0 saturated heterocycles. The molecule has 0 unspecified atom stereocenters. The van der Waals surface area contributed by atoms with Crippen molar-refractivity contribution in [1.82, 2.24) is 0 Å². The normalized spacial score (nSPS) is 11.9. The van der Waals surface area contributed by atoms with Crippen LogP contribution in [0.5, 0.6) is 0 Å². The number of benzene rings is 2. The van der Waals surface area contributed by atoms with Crippen molar-refractivity contribution in [2.45, 2.75) is 0 Å². The minimum Gasteiger partial charge on any atom is -0.289 e. The molecule has 3 heteroatoms. The lowest BCUT2D eigenvalue weighted by molar-refractivity contribution is 0.0979. The Labute approximate surface area is 104 Å². The number of carbonyl (C=O) groups excluding carboxylic acids is 2. The summed E-state index contributed by atoms with van der Waals surface area (Å²) >= 11 is 0. The van der Waals surface area contributed by atoms with Crippen molar-refractivity contribution in [3.63, 3.8) is 0 Å². The summed E-state index contributed by atoms with van der Waals surface area (Å²) in [5, 5.41) is 6.50. The Bertz CT molecular complexity index is 551. The van der Waals surface area contributed by atoms with Crippen LogP contribution in [0.1, 0.15) is 31.8 Å². The van der Waals surface area contributed by atoms with Crippen LogP contribution in [0.3, 0.4) is 0 Å². The highest BCUT2D eigenvalue weighted by Crippen LogP contribution is 2.26. The standard InChI is InChI=1S/C14H8O2.CHN/c15-13-9-5-1-2-6-10(9)14(16)12-8-4-3-7-11(12)13;1-2/h1-8H;1H. The zero-order chi connectivity index (χ0) is 13.1. The van der Waals surface area contributed by atoms with Gasteiger partial charge in [-0.3, -0.25) is 9.59 Å². The van der Waals surface area contributed by atoms with E-state index in [1.165, 1.54) is 0 Å². The largest absolute Gasteiger partial charge is 0.289 e. The second-order valence-electron chi connectivity index (χ2n) is 3.75. The monoisotopic (exact) mass is 235 g/mol. The summed E-state index contributed by atoms with van der Waals surface area (Å²) in [5.74, 6) is -0.128. The summed E-state index contributed by atoms with van der Waals surface area (Å²) in [5.41, 5.74) is 2.02. The van der Waals surface area contributed by atoms with Gasteiger partial charge in [0.25, 0.3) is 0 Å². The Morgan fingerprint density at radius 1 is 0.611 bits per heavy atom. The average Bonchev–Trinajstić information content (AvgIpc) is 2.47. The minimum atomic E-state index is -0.0641. The summed E-state index contributed by atoms with van der Waals surface area (Å²) in [7, 11) is 0. The molecule has 3 nitrogen and oxygen atoms in total. The third-order valence-corrected chi connectivity index (χ3v) is 2.83. The van der Waals surface area contributed by atoms with Gasteiger partial charge in [0.05, 0.1) is 0 Å². The van der Waals surface area contributed by atoms with Gasteiger partial charge in [-0.15, -0.1) is 0 Å². The van der Waals surface area contributed by atoms with Crippen molar-refractivity contribution in [2.24, 2.45) is 0 Å². The molecule has 1 aliphatic carbocycles. The number of fused-ring (bicyclic) bond motifs is 2. The maximum absolute atomic E-state index is 12.1. The van der Waals surface area contributed by atoms with Gasteiger partial charge >= 0.3 is 0 Å². The van der Waals surface area contributed by atoms with Crippen molar-refractivity contribution in [1.29, 1.82) is 5.26 Å². The molecule has 0 bridgehead atoms. The van der Waals surface area contributed by atoms with E-state index in [1.807, 2.05) is 0 Å². The molecule has 0 atom stereocenters. The molecule has 0 N–H and O–H groups in total. The maximum atomic E-state index is 12.1. The van der Waals surface area contributed by atoms with E-state index >= 15 is 0 Å². The van der Waals surface area contributed by atoms with E-state index in [0.717, 1.165) is 0 Å². The molecule has 2 aromatic rings. The lowest BCUT2D eigenvalue weighted by atomic mass is 9.84. The van der Waals surface area contributed by atoms with Crippen LogP contribution in [-0.4, -0.2) is 11.6 Å². The smallest absolute Gasteiger partial charge is 0.194 e. The van der Waals surface area contributed by atoms with Crippen molar-refractivity contribution in [3.8, 4) is 6.57 Å². The van der Waals surface area contributed by atoms with Gasteiger partial charge in [0, 0.05) is 28.8 Å². The van der Waals surface area contributed by atoms with Crippen molar-refractivity contribution < 1.29 is 9.59 Å². The Morgan fingerprint density at radius 3 is 1.06 bits per heavy atom. The van der Waals surface area contributed by atoms with Crippen molar-refractivity contribution in [2.75, 3.05) is 0 Å². The highest BCUT2D eigenvalue weighted by molar-refractivity contribution is 6.28. The van der Waals surface area contributed by atoms with E-state index in [9.17, 15) is 9.59 Å². The SMILES string of the molecule is C#N.O=C1c2ccccc2C(=O)c2ccccc21. The van der Waals surface area contributed by atoms with Gasteiger partial charge in [0.2, 0.25) is 0 Å². The predicted octanol–water partition coefficient (Wildman–Crippen LogP) is 2.60. The van der Waals surface area contributed by atoms with E-state index in [-0.39, 0.29) is 11.6 Å². The van der Waals surface area contributed by atoms with E-state index in [2.05, 4.69) is 6.57 Å². The average molecular weight is 235 g/mol. The fourth-order valence-corrected chi connectivity index (χ4v) is 2.05. The highest BCUT2D eigenvalue weighted by atomic mass is 16.1. The number of nitriles is 1. The van der Waals surface area contributed by atoms with Crippen LogP contribution in [0.25, 0.3) is 0 Å². The molecular weight excluding hydrogens is 226 g/mol. The molecule has 0 radical (unpaired) electrons. The molecule has 0 spiro atoms. The second kappa shape index (κ2) is 4.64. The Morgan fingerprint density at radius 2 is 0.833 bits per heavy atom. The first-order chi connectivity index (χ1) is 8.79. The number of carbonyl (C=O) groups is 2. The Hall–Kier alpha value is -2.73. The first kappa shape index (κ1) is 11.7. The third kappa shape index (κ3) is 1.61. The van der Waals surface area contributed by atoms with Gasteiger partial charge in [-0.1, -0.05) is 48.5 Å². The van der Waals surface area contributed by atoms with Gasteiger partial charge in [0.1, 0.15) is 0 Å². The number of ketones is 2. The molecule has 2 aromatic carbocycles. The van der Waals surface area contributed by atoms with E-state index in [4.69, 9.17) is 5.26 Å². The zero-order valence-corrected chi connectivity index (χ0v) is 9.46. The fourth-order valence-electron chi connectivity index (χ4n) is 2.05. The first-order valence-electron chi connectivity index (χ1n) is 5.32. The Balaban J connectivity index is 0.000000574. The molecular formula is C15H9NO2. The lowest BCUT2D eigenvalue weighted by Crippen LogP contribution is -2.20. The molecule has 0 fully saturated rings. The molecule has 86 valence electrons. The van der Waals surface area contributed by atoms with Crippen molar-refractivity contribution in [3.05, 3.63) is 70.8 Å². The lowest BCUT2D eigenvalue weighted by Gasteiger charge is -2.16. The fraction of sp³-hybridized carbons (Fsp3) is 0. The van der Waals surface area contributed by atoms with Gasteiger partial charge in [0.15, 0.2) is 11.6 Å². The second-order valence-corrected chi connectivity index (χ2v) is 3.75. The first-order valence-corrected chi connectivity index (χ1v) is 5.32. The zero-order valence-electron chi connectivity index (χ0n) is 9.46.